The SMILES string of the molecule is C[C@@H](N)c1ccc(N2CCCC2)o1. The first kappa shape index (κ1) is 8.63. The first-order valence-electron chi connectivity index (χ1n) is 4.87. The third-order valence-electron chi connectivity index (χ3n) is 2.48. The second-order valence-electron chi connectivity index (χ2n) is 3.66. The molecule has 0 radical (unpaired) electrons. The normalized spacial score (nSPS) is 19.4. The molecule has 0 saturated carbocycles. The lowest BCUT2D eigenvalue weighted by atomic mass is 10.3. The molecule has 2 N–H and O–H groups in total. The lowest BCUT2D eigenvalue weighted by Crippen LogP contribution is -2.16. The fourth-order valence-electron chi connectivity index (χ4n) is 1.69. The molecule has 3 heteroatoms. The minimum absolute atomic E-state index is 0.00338. The van der Waals surface area contributed by atoms with Crippen LogP contribution in [0.3, 0.4) is 0 Å². The highest BCUT2D eigenvalue weighted by Gasteiger charge is 2.16. The summed E-state index contributed by atoms with van der Waals surface area (Å²) in [6.45, 7) is 4.17. The van der Waals surface area contributed by atoms with E-state index in [1.807, 2.05) is 19.1 Å². The van der Waals surface area contributed by atoms with Gasteiger partial charge in [-0.05, 0) is 25.8 Å². The molecule has 1 aromatic rings. The van der Waals surface area contributed by atoms with Crippen molar-refractivity contribution >= 4 is 5.88 Å². The lowest BCUT2D eigenvalue weighted by Gasteiger charge is -2.13. The molecule has 1 aromatic heterocycles. The van der Waals surface area contributed by atoms with Gasteiger partial charge in [0.2, 0.25) is 0 Å². The van der Waals surface area contributed by atoms with E-state index in [-0.39, 0.29) is 6.04 Å². The summed E-state index contributed by atoms with van der Waals surface area (Å²) in [6.07, 6.45) is 2.54. The highest BCUT2D eigenvalue weighted by molar-refractivity contribution is 5.37. The van der Waals surface area contributed by atoms with Crippen LogP contribution in [0.4, 0.5) is 5.88 Å². The Morgan fingerprint density at radius 3 is 2.62 bits per heavy atom. The zero-order valence-electron chi connectivity index (χ0n) is 7.99. The van der Waals surface area contributed by atoms with Crippen molar-refractivity contribution in [2.24, 2.45) is 5.73 Å². The fourth-order valence-corrected chi connectivity index (χ4v) is 1.69. The van der Waals surface area contributed by atoms with Crippen LogP contribution in [0.1, 0.15) is 31.6 Å². The predicted molar refractivity (Wildman–Crippen MR) is 52.8 cm³/mol. The number of nitrogens with two attached hydrogens (primary N) is 1. The lowest BCUT2D eigenvalue weighted by molar-refractivity contribution is 0.477. The topological polar surface area (TPSA) is 42.4 Å². The Morgan fingerprint density at radius 1 is 1.38 bits per heavy atom. The number of furan rings is 1. The van der Waals surface area contributed by atoms with Crippen molar-refractivity contribution in [1.29, 1.82) is 0 Å². The summed E-state index contributed by atoms with van der Waals surface area (Å²) in [4.78, 5) is 2.27. The van der Waals surface area contributed by atoms with Gasteiger partial charge in [-0.3, -0.25) is 0 Å². The van der Waals surface area contributed by atoms with E-state index in [0.717, 1.165) is 24.7 Å². The van der Waals surface area contributed by atoms with E-state index in [1.54, 1.807) is 0 Å². The average Bonchev–Trinajstić information content (AvgIpc) is 2.75. The van der Waals surface area contributed by atoms with E-state index >= 15 is 0 Å². The number of anilines is 1. The summed E-state index contributed by atoms with van der Waals surface area (Å²) >= 11 is 0. The Kier molecular flexibility index (Phi) is 2.27. The zero-order valence-corrected chi connectivity index (χ0v) is 7.99. The predicted octanol–water partition coefficient (Wildman–Crippen LogP) is 1.90. The molecule has 1 aliphatic heterocycles. The highest BCUT2D eigenvalue weighted by Crippen LogP contribution is 2.24. The van der Waals surface area contributed by atoms with Crippen LogP contribution in [0.25, 0.3) is 0 Å². The molecule has 2 heterocycles. The van der Waals surface area contributed by atoms with Crippen molar-refractivity contribution in [3.05, 3.63) is 17.9 Å². The van der Waals surface area contributed by atoms with Gasteiger partial charge in [-0.1, -0.05) is 0 Å². The molecule has 13 heavy (non-hydrogen) atoms. The van der Waals surface area contributed by atoms with Crippen LogP contribution in [0, 0.1) is 0 Å². The van der Waals surface area contributed by atoms with E-state index < -0.39 is 0 Å². The molecule has 1 atom stereocenters. The van der Waals surface area contributed by atoms with Crippen molar-refractivity contribution in [2.75, 3.05) is 18.0 Å². The number of rotatable bonds is 2. The van der Waals surface area contributed by atoms with Gasteiger partial charge in [-0.2, -0.15) is 0 Å². The maximum Gasteiger partial charge on any atom is 0.195 e. The van der Waals surface area contributed by atoms with E-state index in [2.05, 4.69) is 4.90 Å². The maximum absolute atomic E-state index is 5.71. The minimum atomic E-state index is -0.00338. The second kappa shape index (κ2) is 3.42. The van der Waals surface area contributed by atoms with Crippen molar-refractivity contribution < 1.29 is 4.42 Å². The molecule has 0 bridgehead atoms. The van der Waals surface area contributed by atoms with Crippen molar-refractivity contribution in [3.8, 4) is 0 Å². The molecule has 1 saturated heterocycles. The fraction of sp³-hybridized carbons (Fsp3) is 0.600. The van der Waals surface area contributed by atoms with E-state index in [0.29, 0.717) is 0 Å². The Labute approximate surface area is 78.5 Å². The Balaban J connectivity index is 2.12. The largest absolute Gasteiger partial charge is 0.444 e. The molecular formula is C10H16N2O. The summed E-state index contributed by atoms with van der Waals surface area (Å²) in [7, 11) is 0. The molecule has 2 rings (SSSR count). The second-order valence-corrected chi connectivity index (χ2v) is 3.66. The number of hydrogen-bond acceptors (Lipinski definition) is 3. The van der Waals surface area contributed by atoms with Gasteiger partial charge in [0, 0.05) is 19.2 Å². The molecule has 0 amide bonds. The molecule has 3 nitrogen and oxygen atoms in total. The first-order chi connectivity index (χ1) is 6.27. The first-order valence-corrected chi connectivity index (χ1v) is 4.87. The highest BCUT2D eigenvalue weighted by atomic mass is 16.4. The van der Waals surface area contributed by atoms with Crippen LogP contribution >= 0.6 is 0 Å². The summed E-state index contributed by atoms with van der Waals surface area (Å²) in [5.74, 6) is 1.85. The van der Waals surface area contributed by atoms with Gasteiger partial charge in [0.05, 0.1) is 6.04 Å². The molecule has 0 aliphatic carbocycles. The smallest absolute Gasteiger partial charge is 0.195 e. The standard InChI is InChI=1S/C10H16N2O/c1-8(11)9-4-5-10(13-9)12-6-2-3-7-12/h4-5,8H,2-3,6-7,11H2,1H3/t8-/m1/s1. The van der Waals surface area contributed by atoms with Crippen LogP contribution in [-0.2, 0) is 0 Å². The van der Waals surface area contributed by atoms with Crippen LogP contribution in [0.15, 0.2) is 16.5 Å². The van der Waals surface area contributed by atoms with Crippen LogP contribution in [0.2, 0.25) is 0 Å². The van der Waals surface area contributed by atoms with Gasteiger partial charge in [-0.25, -0.2) is 0 Å². The Bertz CT molecular complexity index is 274. The van der Waals surface area contributed by atoms with Gasteiger partial charge >= 0.3 is 0 Å². The van der Waals surface area contributed by atoms with Gasteiger partial charge in [0.15, 0.2) is 5.88 Å². The third kappa shape index (κ3) is 1.70. The molecule has 1 fully saturated rings. The molecular weight excluding hydrogens is 164 g/mol. The van der Waals surface area contributed by atoms with Crippen molar-refractivity contribution in [2.45, 2.75) is 25.8 Å². The number of nitrogens with zero attached hydrogens (tertiary/aromatic N) is 1. The van der Waals surface area contributed by atoms with Gasteiger partial charge < -0.3 is 15.1 Å². The summed E-state index contributed by atoms with van der Waals surface area (Å²) < 4.78 is 5.63. The van der Waals surface area contributed by atoms with Gasteiger partial charge in [0.1, 0.15) is 5.76 Å². The van der Waals surface area contributed by atoms with Crippen LogP contribution in [0.5, 0.6) is 0 Å². The van der Waals surface area contributed by atoms with E-state index in [1.165, 1.54) is 12.8 Å². The zero-order chi connectivity index (χ0) is 9.26. The minimum Gasteiger partial charge on any atom is -0.444 e. The molecule has 0 spiro atoms. The third-order valence-corrected chi connectivity index (χ3v) is 2.48. The molecule has 72 valence electrons. The van der Waals surface area contributed by atoms with E-state index in [9.17, 15) is 0 Å². The monoisotopic (exact) mass is 180 g/mol. The average molecular weight is 180 g/mol. The quantitative estimate of drug-likeness (QED) is 0.755. The van der Waals surface area contributed by atoms with Crippen LogP contribution in [-0.4, -0.2) is 13.1 Å². The van der Waals surface area contributed by atoms with Crippen LogP contribution < -0.4 is 10.6 Å². The van der Waals surface area contributed by atoms with Crippen molar-refractivity contribution in [1.82, 2.24) is 0 Å². The molecule has 0 unspecified atom stereocenters. The summed E-state index contributed by atoms with van der Waals surface area (Å²) in [5, 5.41) is 0. The summed E-state index contributed by atoms with van der Waals surface area (Å²) in [5.41, 5.74) is 5.71. The summed E-state index contributed by atoms with van der Waals surface area (Å²) in [6, 6.07) is 3.99. The van der Waals surface area contributed by atoms with Crippen molar-refractivity contribution in [3.63, 3.8) is 0 Å². The maximum atomic E-state index is 5.71. The molecule has 0 aromatic carbocycles. The number of hydrogen-bond donors (Lipinski definition) is 1. The van der Waals surface area contributed by atoms with Gasteiger partial charge in [-0.15, -0.1) is 0 Å². The molecule has 1 aliphatic rings. The van der Waals surface area contributed by atoms with Gasteiger partial charge in [0.25, 0.3) is 0 Å². The Morgan fingerprint density at radius 2 is 2.08 bits per heavy atom. The van der Waals surface area contributed by atoms with E-state index in [4.69, 9.17) is 10.2 Å². The Hall–Kier alpha value is -0.960.